The number of aliphatic carboxylic acids is 1. The predicted octanol–water partition coefficient (Wildman–Crippen LogP) is 0.875. The number of hydrogen-bond acceptors (Lipinski definition) is 3. The van der Waals surface area contributed by atoms with Crippen molar-refractivity contribution in [1.82, 2.24) is 5.32 Å². The van der Waals surface area contributed by atoms with E-state index in [1.165, 1.54) is 19.3 Å². The van der Waals surface area contributed by atoms with E-state index in [9.17, 15) is 9.59 Å². The number of hydrogen-bond donors (Lipinski definition) is 3. The van der Waals surface area contributed by atoms with Crippen molar-refractivity contribution >= 4 is 11.9 Å². The van der Waals surface area contributed by atoms with Gasteiger partial charge in [0, 0.05) is 6.54 Å². The Hall–Kier alpha value is -1.10. The summed E-state index contributed by atoms with van der Waals surface area (Å²) >= 11 is 0. The first-order valence-corrected chi connectivity index (χ1v) is 5.83. The fraction of sp³-hybridized carbons (Fsp3) is 0.818. The van der Waals surface area contributed by atoms with Crippen LogP contribution in [0.25, 0.3) is 0 Å². The maximum Gasteiger partial charge on any atom is 0.305 e. The van der Waals surface area contributed by atoms with Gasteiger partial charge in [0.25, 0.3) is 0 Å². The molecular formula is C11H22N2O3. The average molecular weight is 230 g/mol. The van der Waals surface area contributed by atoms with Gasteiger partial charge in [-0.2, -0.15) is 0 Å². The summed E-state index contributed by atoms with van der Waals surface area (Å²) in [5.41, 5.74) is 5.39. The van der Waals surface area contributed by atoms with Crippen molar-refractivity contribution in [1.29, 1.82) is 0 Å². The van der Waals surface area contributed by atoms with Crippen LogP contribution in [0.3, 0.4) is 0 Å². The summed E-state index contributed by atoms with van der Waals surface area (Å²) in [4.78, 5) is 21.6. The number of nitrogens with two attached hydrogens (primary N) is 1. The second kappa shape index (κ2) is 9.15. The van der Waals surface area contributed by atoms with Crippen LogP contribution in [0.1, 0.15) is 45.4 Å². The molecule has 0 aliphatic heterocycles. The van der Waals surface area contributed by atoms with E-state index in [-0.39, 0.29) is 12.3 Å². The Labute approximate surface area is 96.4 Å². The van der Waals surface area contributed by atoms with Gasteiger partial charge < -0.3 is 16.2 Å². The zero-order chi connectivity index (χ0) is 12.4. The van der Waals surface area contributed by atoms with Crippen molar-refractivity contribution in [2.45, 2.75) is 51.5 Å². The van der Waals surface area contributed by atoms with E-state index in [2.05, 4.69) is 12.2 Å². The van der Waals surface area contributed by atoms with Crippen LogP contribution in [0.2, 0.25) is 0 Å². The number of carboxylic acids is 1. The molecule has 5 nitrogen and oxygen atoms in total. The molecule has 0 unspecified atom stereocenters. The van der Waals surface area contributed by atoms with Gasteiger partial charge in [0.1, 0.15) is 0 Å². The molecule has 4 N–H and O–H groups in total. The Morgan fingerprint density at radius 1 is 1.25 bits per heavy atom. The number of carbonyl (C=O) groups is 2. The summed E-state index contributed by atoms with van der Waals surface area (Å²) in [5, 5.41) is 11.1. The monoisotopic (exact) mass is 230 g/mol. The number of rotatable bonds is 9. The van der Waals surface area contributed by atoms with Crippen LogP contribution < -0.4 is 11.1 Å². The first-order valence-electron chi connectivity index (χ1n) is 5.83. The molecule has 0 aliphatic carbocycles. The lowest BCUT2D eigenvalue weighted by Crippen LogP contribution is -2.42. The van der Waals surface area contributed by atoms with E-state index < -0.39 is 12.0 Å². The highest BCUT2D eigenvalue weighted by Gasteiger charge is 2.15. The largest absolute Gasteiger partial charge is 0.481 e. The number of carbonyl (C=O) groups excluding carboxylic acids is 1. The van der Waals surface area contributed by atoms with Crippen molar-refractivity contribution < 1.29 is 14.7 Å². The molecule has 1 amide bonds. The van der Waals surface area contributed by atoms with E-state index in [0.717, 1.165) is 12.8 Å². The minimum Gasteiger partial charge on any atom is -0.481 e. The van der Waals surface area contributed by atoms with Crippen molar-refractivity contribution in [3.8, 4) is 0 Å². The van der Waals surface area contributed by atoms with Crippen molar-refractivity contribution in [3.63, 3.8) is 0 Å². The SMILES string of the molecule is CCCCCCCNC(=O)[C@@H](N)CC(=O)O. The van der Waals surface area contributed by atoms with Gasteiger partial charge >= 0.3 is 5.97 Å². The van der Waals surface area contributed by atoms with Crippen LogP contribution in [-0.2, 0) is 9.59 Å². The summed E-state index contributed by atoms with van der Waals surface area (Å²) in [6, 6.07) is -0.937. The van der Waals surface area contributed by atoms with Crippen LogP contribution in [-0.4, -0.2) is 29.6 Å². The quantitative estimate of drug-likeness (QED) is 0.512. The Kier molecular flexibility index (Phi) is 8.52. The molecule has 0 bridgehead atoms. The van der Waals surface area contributed by atoms with Crippen LogP contribution >= 0.6 is 0 Å². The smallest absolute Gasteiger partial charge is 0.305 e. The molecule has 0 saturated carbocycles. The van der Waals surface area contributed by atoms with Gasteiger partial charge in [-0.1, -0.05) is 32.6 Å². The maximum atomic E-state index is 11.3. The molecule has 0 aliphatic rings. The first kappa shape index (κ1) is 14.9. The highest BCUT2D eigenvalue weighted by Crippen LogP contribution is 2.01. The van der Waals surface area contributed by atoms with Crippen molar-refractivity contribution in [2.75, 3.05) is 6.54 Å². The molecule has 0 aromatic heterocycles. The maximum absolute atomic E-state index is 11.3. The number of carboxylic acid groups (broad SMARTS) is 1. The van der Waals surface area contributed by atoms with Crippen molar-refractivity contribution in [3.05, 3.63) is 0 Å². The third kappa shape index (κ3) is 8.23. The summed E-state index contributed by atoms with van der Waals surface area (Å²) in [5.74, 6) is -1.43. The Morgan fingerprint density at radius 3 is 2.44 bits per heavy atom. The second-order valence-corrected chi connectivity index (χ2v) is 3.91. The van der Waals surface area contributed by atoms with Gasteiger partial charge in [-0.25, -0.2) is 0 Å². The van der Waals surface area contributed by atoms with Crippen LogP contribution in [0, 0.1) is 0 Å². The normalized spacial score (nSPS) is 12.1. The molecule has 0 fully saturated rings. The summed E-state index contributed by atoms with van der Waals surface area (Å²) in [7, 11) is 0. The molecule has 16 heavy (non-hydrogen) atoms. The van der Waals surface area contributed by atoms with Gasteiger partial charge in [0.15, 0.2) is 0 Å². The summed E-state index contributed by atoms with van der Waals surface area (Å²) < 4.78 is 0. The molecule has 5 heteroatoms. The Morgan fingerprint density at radius 2 is 1.88 bits per heavy atom. The highest BCUT2D eigenvalue weighted by molar-refractivity contribution is 5.85. The van der Waals surface area contributed by atoms with Crippen LogP contribution in [0.5, 0.6) is 0 Å². The molecule has 0 radical (unpaired) electrons. The summed E-state index contributed by atoms with van der Waals surface area (Å²) in [6.07, 6.45) is 5.27. The summed E-state index contributed by atoms with van der Waals surface area (Å²) in [6.45, 7) is 2.72. The van der Waals surface area contributed by atoms with Crippen LogP contribution in [0.15, 0.2) is 0 Å². The van der Waals surface area contributed by atoms with Gasteiger partial charge in [0.05, 0.1) is 12.5 Å². The Balaban J connectivity index is 3.46. The standard InChI is InChI=1S/C11H22N2O3/c1-2-3-4-5-6-7-13-11(16)9(12)8-10(14)15/h9H,2-8,12H2,1H3,(H,13,16)(H,14,15)/t9-/m0/s1. The predicted molar refractivity (Wildman–Crippen MR) is 62.0 cm³/mol. The van der Waals surface area contributed by atoms with E-state index >= 15 is 0 Å². The third-order valence-corrected chi connectivity index (χ3v) is 2.31. The lowest BCUT2D eigenvalue weighted by Gasteiger charge is -2.09. The average Bonchev–Trinajstić information content (AvgIpc) is 2.21. The van der Waals surface area contributed by atoms with Gasteiger partial charge in [0.2, 0.25) is 5.91 Å². The molecule has 94 valence electrons. The molecule has 0 rings (SSSR count). The Bertz CT molecular complexity index is 219. The second-order valence-electron chi connectivity index (χ2n) is 3.91. The number of unbranched alkanes of at least 4 members (excludes halogenated alkanes) is 4. The van der Waals surface area contributed by atoms with E-state index in [1.54, 1.807) is 0 Å². The van der Waals surface area contributed by atoms with Gasteiger partial charge in [-0.05, 0) is 6.42 Å². The van der Waals surface area contributed by atoms with E-state index in [0.29, 0.717) is 6.54 Å². The zero-order valence-corrected chi connectivity index (χ0v) is 9.87. The number of amides is 1. The van der Waals surface area contributed by atoms with Gasteiger partial charge in [-0.15, -0.1) is 0 Å². The fourth-order valence-corrected chi connectivity index (χ4v) is 1.35. The molecule has 0 spiro atoms. The molecule has 0 aromatic rings. The highest BCUT2D eigenvalue weighted by atomic mass is 16.4. The van der Waals surface area contributed by atoms with E-state index in [4.69, 9.17) is 10.8 Å². The molecule has 1 atom stereocenters. The topological polar surface area (TPSA) is 92.4 Å². The molecular weight excluding hydrogens is 208 g/mol. The third-order valence-electron chi connectivity index (χ3n) is 2.31. The number of nitrogens with one attached hydrogen (secondary N) is 1. The zero-order valence-electron chi connectivity index (χ0n) is 9.87. The van der Waals surface area contributed by atoms with E-state index in [1.807, 2.05) is 0 Å². The first-order chi connectivity index (χ1) is 7.57. The minimum absolute atomic E-state index is 0.318. The van der Waals surface area contributed by atoms with Gasteiger partial charge in [-0.3, -0.25) is 9.59 Å². The molecule has 0 heterocycles. The lowest BCUT2D eigenvalue weighted by molar-refractivity contribution is -0.139. The minimum atomic E-state index is -1.05. The lowest BCUT2D eigenvalue weighted by atomic mass is 10.1. The van der Waals surface area contributed by atoms with Crippen molar-refractivity contribution in [2.24, 2.45) is 5.73 Å². The molecule has 0 aromatic carbocycles. The fourth-order valence-electron chi connectivity index (χ4n) is 1.35. The van der Waals surface area contributed by atoms with Crippen LogP contribution in [0.4, 0.5) is 0 Å². The molecule has 0 saturated heterocycles.